The van der Waals surface area contributed by atoms with Crippen LogP contribution in [0.25, 0.3) is 0 Å². The fraction of sp³-hybridized carbons (Fsp3) is 0.267. The van der Waals surface area contributed by atoms with Gasteiger partial charge in [0.1, 0.15) is 5.82 Å². The van der Waals surface area contributed by atoms with Crippen LogP contribution in [0, 0.1) is 5.82 Å². The molecule has 3 nitrogen and oxygen atoms in total. The molecule has 1 aromatic carbocycles. The maximum absolute atomic E-state index is 13.8. The van der Waals surface area contributed by atoms with Gasteiger partial charge in [-0.1, -0.05) is 12.1 Å². The normalized spacial score (nSPS) is 15.3. The predicted octanol–water partition coefficient (Wildman–Crippen LogP) is 3.61. The van der Waals surface area contributed by atoms with Gasteiger partial charge in [0.05, 0.1) is 15.0 Å². The highest BCUT2D eigenvalue weighted by Crippen LogP contribution is 2.24. The van der Waals surface area contributed by atoms with Gasteiger partial charge in [-0.3, -0.25) is 4.79 Å². The molecule has 110 valence electrons. The molecule has 0 N–H and O–H groups in total. The third-order valence-corrected chi connectivity index (χ3v) is 5.08. The minimum absolute atomic E-state index is 0.0464. The average Bonchev–Trinajstić information content (AvgIpc) is 2.94. The Hall–Kier alpha value is -1.40. The third-order valence-electron chi connectivity index (χ3n) is 3.57. The van der Waals surface area contributed by atoms with E-state index in [1.54, 1.807) is 12.1 Å². The first kappa shape index (κ1) is 14.5. The Balaban J connectivity index is 1.65. The van der Waals surface area contributed by atoms with Crippen molar-refractivity contribution in [2.45, 2.75) is 0 Å². The topological polar surface area (TPSA) is 23.6 Å². The lowest BCUT2D eigenvalue weighted by atomic mass is 10.2. The van der Waals surface area contributed by atoms with Crippen LogP contribution in [0.5, 0.6) is 0 Å². The second kappa shape index (κ2) is 6.15. The Morgan fingerprint density at radius 2 is 1.90 bits per heavy atom. The van der Waals surface area contributed by atoms with Crippen molar-refractivity contribution in [3.05, 3.63) is 50.9 Å². The smallest absolute Gasteiger partial charge is 0.254 e. The highest BCUT2D eigenvalue weighted by atomic mass is 79.9. The molecule has 0 bridgehead atoms. The van der Waals surface area contributed by atoms with Crippen molar-refractivity contribution < 1.29 is 9.18 Å². The number of halogens is 2. The molecule has 2 aromatic rings. The van der Waals surface area contributed by atoms with Crippen LogP contribution in [0.15, 0.2) is 39.5 Å². The molecule has 1 amide bonds. The number of anilines is 1. The fourth-order valence-corrected chi connectivity index (χ4v) is 3.59. The number of piperazine rings is 1. The Morgan fingerprint density at radius 1 is 1.19 bits per heavy atom. The molecular weight excluding hydrogens is 355 g/mol. The lowest BCUT2D eigenvalue weighted by molar-refractivity contribution is 0.0747. The van der Waals surface area contributed by atoms with Gasteiger partial charge >= 0.3 is 0 Å². The highest BCUT2D eigenvalue weighted by molar-refractivity contribution is 9.11. The van der Waals surface area contributed by atoms with Gasteiger partial charge in [-0.25, -0.2) is 4.39 Å². The van der Waals surface area contributed by atoms with Gasteiger partial charge in [-0.05, 0) is 34.1 Å². The molecule has 1 aromatic heterocycles. The number of thiophene rings is 1. The van der Waals surface area contributed by atoms with E-state index < -0.39 is 0 Å². The highest BCUT2D eigenvalue weighted by Gasteiger charge is 2.23. The minimum atomic E-state index is -0.209. The Bertz CT molecular complexity index is 653. The summed E-state index contributed by atoms with van der Waals surface area (Å²) in [6, 6.07) is 8.61. The zero-order valence-electron chi connectivity index (χ0n) is 11.3. The maximum Gasteiger partial charge on any atom is 0.254 e. The molecular formula is C15H14BrFN2OS. The zero-order valence-corrected chi connectivity index (χ0v) is 13.7. The van der Waals surface area contributed by atoms with Crippen LogP contribution in [0.4, 0.5) is 10.1 Å². The van der Waals surface area contributed by atoms with E-state index >= 15 is 0 Å². The molecule has 1 fully saturated rings. The predicted molar refractivity (Wildman–Crippen MR) is 86.5 cm³/mol. The summed E-state index contributed by atoms with van der Waals surface area (Å²) in [6.45, 7) is 2.53. The second-order valence-electron chi connectivity index (χ2n) is 4.87. The maximum atomic E-state index is 13.8. The van der Waals surface area contributed by atoms with Crippen LogP contribution in [-0.4, -0.2) is 37.0 Å². The third kappa shape index (κ3) is 3.11. The SMILES string of the molecule is O=C(c1csc(Br)c1)N1CCN(c2ccccc2F)CC1. The van der Waals surface area contributed by atoms with Crippen LogP contribution < -0.4 is 4.90 Å². The first-order valence-corrected chi connectivity index (χ1v) is 8.35. The van der Waals surface area contributed by atoms with Crippen molar-refractivity contribution in [1.82, 2.24) is 4.90 Å². The van der Waals surface area contributed by atoms with Gasteiger partial charge in [-0.2, -0.15) is 0 Å². The van der Waals surface area contributed by atoms with E-state index in [4.69, 9.17) is 0 Å². The van der Waals surface area contributed by atoms with Gasteiger partial charge in [-0.15, -0.1) is 11.3 Å². The van der Waals surface area contributed by atoms with Gasteiger partial charge < -0.3 is 9.80 Å². The summed E-state index contributed by atoms with van der Waals surface area (Å²) in [7, 11) is 0. The Morgan fingerprint density at radius 3 is 2.52 bits per heavy atom. The molecule has 0 atom stereocenters. The van der Waals surface area contributed by atoms with E-state index in [-0.39, 0.29) is 11.7 Å². The van der Waals surface area contributed by atoms with Crippen molar-refractivity contribution in [2.24, 2.45) is 0 Å². The van der Waals surface area contributed by atoms with Crippen LogP contribution >= 0.6 is 27.3 Å². The first-order valence-electron chi connectivity index (χ1n) is 6.68. The number of carbonyl (C=O) groups is 1. The summed E-state index contributed by atoms with van der Waals surface area (Å²) >= 11 is 4.88. The molecule has 1 saturated heterocycles. The largest absolute Gasteiger partial charge is 0.366 e. The lowest BCUT2D eigenvalue weighted by Gasteiger charge is -2.36. The van der Waals surface area contributed by atoms with Crippen LogP contribution in [-0.2, 0) is 0 Å². The monoisotopic (exact) mass is 368 g/mol. The zero-order chi connectivity index (χ0) is 14.8. The Labute approximate surface area is 135 Å². The number of amides is 1. The van der Waals surface area contributed by atoms with Gasteiger partial charge in [0.2, 0.25) is 0 Å². The van der Waals surface area contributed by atoms with E-state index in [0.29, 0.717) is 37.4 Å². The molecule has 0 radical (unpaired) electrons. The van der Waals surface area contributed by atoms with Gasteiger partial charge in [0.25, 0.3) is 5.91 Å². The van der Waals surface area contributed by atoms with Crippen molar-refractivity contribution in [2.75, 3.05) is 31.1 Å². The molecule has 21 heavy (non-hydrogen) atoms. The van der Waals surface area contributed by atoms with E-state index in [1.165, 1.54) is 17.4 Å². The van der Waals surface area contributed by atoms with Gasteiger partial charge in [0, 0.05) is 31.6 Å². The second-order valence-corrected chi connectivity index (χ2v) is 7.16. The van der Waals surface area contributed by atoms with E-state index in [2.05, 4.69) is 15.9 Å². The molecule has 3 rings (SSSR count). The number of rotatable bonds is 2. The number of hydrogen-bond acceptors (Lipinski definition) is 3. The molecule has 0 saturated carbocycles. The Kier molecular flexibility index (Phi) is 4.26. The number of para-hydroxylation sites is 1. The average molecular weight is 369 g/mol. The van der Waals surface area contributed by atoms with E-state index in [1.807, 2.05) is 27.3 Å². The molecule has 1 aliphatic rings. The van der Waals surface area contributed by atoms with E-state index in [0.717, 1.165) is 3.79 Å². The van der Waals surface area contributed by atoms with Crippen molar-refractivity contribution in [3.63, 3.8) is 0 Å². The quantitative estimate of drug-likeness (QED) is 0.808. The summed E-state index contributed by atoms with van der Waals surface area (Å²) in [5.74, 6) is -0.163. The first-order chi connectivity index (χ1) is 10.1. The number of carbonyl (C=O) groups excluding carboxylic acids is 1. The minimum Gasteiger partial charge on any atom is -0.366 e. The molecule has 0 aliphatic carbocycles. The van der Waals surface area contributed by atoms with Crippen LogP contribution in [0.2, 0.25) is 0 Å². The fourth-order valence-electron chi connectivity index (χ4n) is 2.46. The van der Waals surface area contributed by atoms with Crippen LogP contribution in [0.3, 0.4) is 0 Å². The number of hydrogen-bond donors (Lipinski definition) is 0. The lowest BCUT2D eigenvalue weighted by Crippen LogP contribution is -2.49. The summed E-state index contributed by atoms with van der Waals surface area (Å²) in [6.07, 6.45) is 0. The summed E-state index contributed by atoms with van der Waals surface area (Å²) < 4.78 is 14.7. The van der Waals surface area contributed by atoms with Crippen LogP contribution in [0.1, 0.15) is 10.4 Å². The van der Waals surface area contributed by atoms with Gasteiger partial charge in [0.15, 0.2) is 0 Å². The summed E-state index contributed by atoms with van der Waals surface area (Å²) in [4.78, 5) is 16.2. The number of benzene rings is 1. The van der Waals surface area contributed by atoms with Crippen molar-refractivity contribution >= 4 is 38.9 Å². The molecule has 0 unspecified atom stereocenters. The number of nitrogens with zero attached hydrogens (tertiary/aromatic N) is 2. The molecule has 6 heteroatoms. The molecule has 0 spiro atoms. The summed E-state index contributed by atoms with van der Waals surface area (Å²) in [5.41, 5.74) is 1.33. The van der Waals surface area contributed by atoms with Crippen molar-refractivity contribution in [1.29, 1.82) is 0 Å². The van der Waals surface area contributed by atoms with Crippen molar-refractivity contribution in [3.8, 4) is 0 Å². The van der Waals surface area contributed by atoms with E-state index in [9.17, 15) is 9.18 Å². The standard InChI is InChI=1S/C15H14BrFN2OS/c16-14-9-11(10-21-14)15(20)19-7-5-18(6-8-19)13-4-2-1-3-12(13)17/h1-4,9-10H,5-8H2. The molecule has 1 aliphatic heterocycles. The summed E-state index contributed by atoms with van der Waals surface area (Å²) in [5, 5.41) is 1.86. The molecule has 2 heterocycles.